The third-order valence-corrected chi connectivity index (χ3v) is 4.10. The van der Waals surface area contributed by atoms with E-state index in [4.69, 9.17) is 5.84 Å². The van der Waals surface area contributed by atoms with E-state index < -0.39 is 0 Å². The lowest BCUT2D eigenvalue weighted by molar-refractivity contribution is 0.185. The van der Waals surface area contributed by atoms with E-state index in [0.29, 0.717) is 12.1 Å². The summed E-state index contributed by atoms with van der Waals surface area (Å²) in [5, 5.41) is 3.50. The molecule has 2 unspecified atom stereocenters. The Morgan fingerprint density at radius 1 is 1.33 bits per heavy atom. The number of guanidine groups is 1. The third-order valence-electron chi connectivity index (χ3n) is 4.10. The van der Waals surface area contributed by atoms with Crippen molar-refractivity contribution in [1.82, 2.24) is 15.6 Å². The lowest BCUT2D eigenvalue weighted by atomic mass is 9.99. The molecule has 0 bridgehead atoms. The summed E-state index contributed by atoms with van der Waals surface area (Å²) in [6.45, 7) is 5.51. The van der Waals surface area contributed by atoms with Crippen LogP contribution in [-0.4, -0.2) is 42.6 Å². The summed E-state index contributed by atoms with van der Waals surface area (Å²) < 4.78 is 0. The molecule has 0 radical (unpaired) electrons. The Hall–Kier alpha value is -0.810. The van der Waals surface area contributed by atoms with E-state index in [1.807, 2.05) is 0 Å². The molecule has 0 aromatic carbocycles. The number of hydrogen-bond acceptors (Lipinski definition) is 3. The Morgan fingerprint density at radius 3 is 3.00 bits per heavy atom. The maximum absolute atomic E-state index is 5.54. The smallest absolute Gasteiger partial charge is 0.205 e. The molecule has 2 fully saturated rings. The van der Waals surface area contributed by atoms with E-state index in [9.17, 15) is 0 Å². The molecule has 2 aliphatic heterocycles. The van der Waals surface area contributed by atoms with Gasteiger partial charge in [-0.1, -0.05) is 19.8 Å². The second-order valence-corrected chi connectivity index (χ2v) is 5.37. The molecule has 0 aromatic heterocycles. The number of nitrogens with one attached hydrogen (secondary N) is 2. The molecule has 0 spiro atoms. The van der Waals surface area contributed by atoms with Gasteiger partial charge in [0, 0.05) is 25.2 Å². The van der Waals surface area contributed by atoms with E-state index in [1.165, 1.54) is 45.2 Å². The van der Waals surface area contributed by atoms with Gasteiger partial charge >= 0.3 is 0 Å². The van der Waals surface area contributed by atoms with Crippen LogP contribution in [0.1, 0.15) is 45.4 Å². The standard InChI is InChI=1S/C13H27N5/c1-2-3-8-15-13(17-14)16-11-7-10-18-9-5-4-6-12(11)18/h11-12H,2-10,14H2,1H3,(H2,15,16,17). The van der Waals surface area contributed by atoms with Crippen LogP contribution in [0.5, 0.6) is 0 Å². The van der Waals surface area contributed by atoms with Crippen LogP contribution in [0.25, 0.3) is 0 Å². The van der Waals surface area contributed by atoms with Gasteiger partial charge in [-0.25, -0.2) is 5.84 Å². The number of nitrogens with zero attached hydrogens (tertiary/aromatic N) is 2. The molecular formula is C13H27N5. The van der Waals surface area contributed by atoms with Crippen molar-refractivity contribution in [1.29, 1.82) is 0 Å². The molecule has 0 saturated carbocycles. The third kappa shape index (κ3) is 3.36. The molecule has 2 saturated heterocycles. The van der Waals surface area contributed by atoms with Gasteiger partial charge < -0.3 is 5.32 Å². The normalized spacial score (nSPS) is 29.1. The molecule has 5 heteroatoms. The zero-order valence-corrected chi connectivity index (χ0v) is 11.5. The van der Waals surface area contributed by atoms with E-state index in [-0.39, 0.29) is 0 Å². The van der Waals surface area contributed by atoms with Gasteiger partial charge in [-0.15, -0.1) is 0 Å². The maximum atomic E-state index is 5.54. The van der Waals surface area contributed by atoms with Crippen molar-refractivity contribution in [3.63, 3.8) is 0 Å². The average Bonchev–Trinajstić information content (AvgIpc) is 2.81. The minimum absolute atomic E-state index is 0.515. The van der Waals surface area contributed by atoms with Gasteiger partial charge in [0.25, 0.3) is 0 Å². The highest BCUT2D eigenvalue weighted by atomic mass is 15.4. The van der Waals surface area contributed by atoms with Gasteiger partial charge in [0.05, 0.1) is 0 Å². The van der Waals surface area contributed by atoms with Crippen molar-refractivity contribution < 1.29 is 0 Å². The maximum Gasteiger partial charge on any atom is 0.205 e. The zero-order chi connectivity index (χ0) is 12.8. The highest BCUT2D eigenvalue weighted by Gasteiger charge is 2.35. The molecule has 2 atom stereocenters. The fourth-order valence-electron chi connectivity index (χ4n) is 3.07. The van der Waals surface area contributed by atoms with Crippen molar-refractivity contribution in [2.24, 2.45) is 10.8 Å². The highest BCUT2D eigenvalue weighted by Crippen LogP contribution is 2.26. The molecule has 0 amide bonds. The molecular weight excluding hydrogens is 226 g/mol. The van der Waals surface area contributed by atoms with Gasteiger partial charge in [-0.05, 0) is 32.2 Å². The van der Waals surface area contributed by atoms with E-state index >= 15 is 0 Å². The number of fused-ring (bicyclic) bond motifs is 1. The van der Waals surface area contributed by atoms with Gasteiger partial charge in [-0.3, -0.25) is 15.3 Å². The summed E-state index contributed by atoms with van der Waals surface area (Å²) in [6.07, 6.45) is 7.52. The molecule has 4 N–H and O–H groups in total. The molecule has 104 valence electrons. The van der Waals surface area contributed by atoms with Gasteiger partial charge in [0.15, 0.2) is 0 Å². The summed E-state index contributed by atoms with van der Waals surface area (Å²) in [7, 11) is 0. The number of rotatable bonds is 4. The van der Waals surface area contributed by atoms with Crippen LogP contribution < -0.4 is 16.6 Å². The van der Waals surface area contributed by atoms with Gasteiger partial charge in [0.1, 0.15) is 0 Å². The predicted octanol–water partition coefficient (Wildman–Crippen LogP) is 0.822. The lowest BCUT2D eigenvalue weighted by Crippen LogP contribution is -2.51. The fourth-order valence-corrected chi connectivity index (χ4v) is 3.07. The van der Waals surface area contributed by atoms with Crippen molar-refractivity contribution >= 4 is 5.96 Å². The molecule has 18 heavy (non-hydrogen) atoms. The first-order valence-electron chi connectivity index (χ1n) is 7.36. The number of aliphatic imine (C=N–C) groups is 1. The second kappa shape index (κ2) is 6.95. The number of hydrogen-bond donors (Lipinski definition) is 3. The minimum atomic E-state index is 0.515. The summed E-state index contributed by atoms with van der Waals surface area (Å²) >= 11 is 0. The number of nitrogens with two attached hydrogens (primary N) is 1. The lowest BCUT2D eigenvalue weighted by Gasteiger charge is -2.32. The molecule has 0 aromatic rings. The summed E-state index contributed by atoms with van der Waals surface area (Å²) in [5.74, 6) is 6.31. The Balaban J connectivity index is 1.85. The Bertz CT molecular complexity index is 279. The SMILES string of the molecule is CCCCN=C(NN)NC1CCN2CCCCC12. The molecule has 2 aliphatic rings. The number of unbranched alkanes of at least 4 members (excludes halogenated alkanes) is 1. The Labute approximate surface area is 110 Å². The van der Waals surface area contributed by atoms with Gasteiger partial charge in [-0.2, -0.15) is 0 Å². The van der Waals surface area contributed by atoms with Crippen molar-refractivity contribution in [2.75, 3.05) is 19.6 Å². The average molecular weight is 253 g/mol. The van der Waals surface area contributed by atoms with Crippen LogP contribution in [0.15, 0.2) is 4.99 Å². The van der Waals surface area contributed by atoms with Crippen molar-refractivity contribution in [3.8, 4) is 0 Å². The first kappa shape index (κ1) is 13.6. The van der Waals surface area contributed by atoms with Crippen molar-refractivity contribution in [3.05, 3.63) is 0 Å². The summed E-state index contributed by atoms with van der Waals surface area (Å²) in [4.78, 5) is 7.10. The molecule has 2 heterocycles. The number of piperidine rings is 1. The van der Waals surface area contributed by atoms with Crippen LogP contribution in [0.3, 0.4) is 0 Å². The van der Waals surface area contributed by atoms with Crippen LogP contribution in [0.4, 0.5) is 0 Å². The topological polar surface area (TPSA) is 65.7 Å². The summed E-state index contributed by atoms with van der Waals surface area (Å²) in [6, 6.07) is 1.20. The predicted molar refractivity (Wildman–Crippen MR) is 75.3 cm³/mol. The van der Waals surface area contributed by atoms with Crippen LogP contribution in [0.2, 0.25) is 0 Å². The largest absolute Gasteiger partial charge is 0.351 e. The zero-order valence-electron chi connectivity index (χ0n) is 11.5. The van der Waals surface area contributed by atoms with E-state index in [1.54, 1.807) is 0 Å². The first-order chi connectivity index (χ1) is 8.85. The monoisotopic (exact) mass is 253 g/mol. The van der Waals surface area contributed by atoms with Gasteiger partial charge in [0.2, 0.25) is 5.96 Å². The molecule has 0 aliphatic carbocycles. The van der Waals surface area contributed by atoms with Crippen molar-refractivity contribution in [2.45, 2.75) is 57.5 Å². The molecule has 5 nitrogen and oxygen atoms in total. The fraction of sp³-hybridized carbons (Fsp3) is 0.923. The second-order valence-electron chi connectivity index (χ2n) is 5.37. The highest BCUT2D eigenvalue weighted by molar-refractivity contribution is 5.79. The minimum Gasteiger partial charge on any atom is -0.351 e. The van der Waals surface area contributed by atoms with Crippen LogP contribution in [-0.2, 0) is 0 Å². The summed E-state index contributed by atoms with van der Waals surface area (Å²) in [5.41, 5.74) is 2.70. The number of hydrazine groups is 1. The van der Waals surface area contributed by atoms with E-state index in [2.05, 4.69) is 27.6 Å². The first-order valence-corrected chi connectivity index (χ1v) is 7.36. The van der Waals surface area contributed by atoms with E-state index in [0.717, 1.165) is 18.9 Å². The molecule has 2 rings (SSSR count). The Kier molecular flexibility index (Phi) is 5.26. The van der Waals surface area contributed by atoms with Crippen LogP contribution in [0, 0.1) is 0 Å². The van der Waals surface area contributed by atoms with Crippen LogP contribution >= 0.6 is 0 Å². The quantitative estimate of drug-likeness (QED) is 0.228. The Morgan fingerprint density at radius 2 is 2.22 bits per heavy atom.